The van der Waals surface area contributed by atoms with E-state index in [0.717, 1.165) is 17.8 Å². The van der Waals surface area contributed by atoms with Gasteiger partial charge >= 0.3 is 0 Å². The van der Waals surface area contributed by atoms with Crippen LogP contribution in [0.5, 0.6) is 0 Å². The minimum Gasteiger partial charge on any atom is -1.00 e. The number of quaternary nitrogens is 1. The summed E-state index contributed by atoms with van der Waals surface area (Å²) in [6.07, 6.45) is 9.02. The Kier molecular flexibility index (Phi) is 1.73. The van der Waals surface area contributed by atoms with Crippen LogP contribution in [-0.2, 0) is 0 Å². The molecule has 4 saturated carbocycles. The van der Waals surface area contributed by atoms with Gasteiger partial charge in [-0.15, -0.1) is 0 Å². The highest BCUT2D eigenvalue weighted by atomic mass is 19.0. The molecule has 4 aliphatic carbocycles. The van der Waals surface area contributed by atoms with E-state index >= 15 is 0 Å². The van der Waals surface area contributed by atoms with Gasteiger partial charge in [0.05, 0.1) is 5.54 Å². The fraction of sp³-hybridized carbons (Fsp3) is 1.00. The number of hydrogen-bond donors (Lipinski definition) is 1. The molecular formula is C10H18FN. The summed E-state index contributed by atoms with van der Waals surface area (Å²) >= 11 is 0. The molecule has 3 N–H and O–H groups in total. The van der Waals surface area contributed by atoms with Crippen LogP contribution in [0.15, 0.2) is 0 Å². The van der Waals surface area contributed by atoms with E-state index in [1.807, 2.05) is 0 Å². The van der Waals surface area contributed by atoms with Crippen LogP contribution in [0, 0.1) is 17.8 Å². The lowest BCUT2D eigenvalue weighted by molar-refractivity contribution is -0.504. The SMILES string of the molecule is [F-].[NH3+]C12CC3CC(CC(C3)C1)C2. The van der Waals surface area contributed by atoms with Gasteiger partial charge in [0.15, 0.2) is 0 Å². The minimum absolute atomic E-state index is 0. The van der Waals surface area contributed by atoms with E-state index in [1.165, 1.54) is 19.3 Å². The lowest BCUT2D eigenvalue weighted by atomic mass is 9.53. The zero-order valence-corrected chi connectivity index (χ0v) is 7.56. The van der Waals surface area contributed by atoms with Gasteiger partial charge in [-0.25, -0.2) is 0 Å². The van der Waals surface area contributed by atoms with Crippen molar-refractivity contribution in [1.29, 1.82) is 0 Å². The van der Waals surface area contributed by atoms with Gasteiger partial charge in [-0.2, -0.15) is 0 Å². The Hall–Kier alpha value is -0.110. The summed E-state index contributed by atoms with van der Waals surface area (Å²) in [6.45, 7) is 0. The molecule has 4 aliphatic rings. The fourth-order valence-electron chi connectivity index (χ4n) is 4.29. The van der Waals surface area contributed by atoms with Gasteiger partial charge in [-0.3, -0.25) is 0 Å². The third-order valence-electron chi connectivity index (χ3n) is 4.17. The van der Waals surface area contributed by atoms with Crippen LogP contribution in [0.1, 0.15) is 38.5 Å². The van der Waals surface area contributed by atoms with E-state index in [-0.39, 0.29) is 4.70 Å². The minimum atomic E-state index is 0. The summed E-state index contributed by atoms with van der Waals surface area (Å²) in [5, 5.41) is 0. The molecule has 12 heavy (non-hydrogen) atoms. The molecule has 0 amide bonds. The topological polar surface area (TPSA) is 27.6 Å². The second-order valence-corrected chi connectivity index (χ2v) is 5.42. The fourth-order valence-corrected chi connectivity index (χ4v) is 4.29. The Morgan fingerprint density at radius 3 is 1.42 bits per heavy atom. The second-order valence-electron chi connectivity index (χ2n) is 5.42. The molecule has 1 nitrogen and oxygen atoms in total. The monoisotopic (exact) mass is 171 g/mol. The van der Waals surface area contributed by atoms with Gasteiger partial charge in [-0.05, 0) is 37.0 Å². The van der Waals surface area contributed by atoms with Crippen molar-refractivity contribution in [3.05, 3.63) is 0 Å². The third-order valence-corrected chi connectivity index (χ3v) is 4.17. The highest BCUT2D eigenvalue weighted by molar-refractivity contribution is 5.00. The zero-order valence-electron chi connectivity index (χ0n) is 7.56. The number of halogens is 1. The first-order valence-electron chi connectivity index (χ1n) is 5.09. The normalized spacial score (nSPS) is 55.2. The van der Waals surface area contributed by atoms with Crippen LogP contribution < -0.4 is 10.4 Å². The van der Waals surface area contributed by atoms with Gasteiger partial charge in [0.1, 0.15) is 0 Å². The summed E-state index contributed by atoms with van der Waals surface area (Å²) in [7, 11) is 0. The largest absolute Gasteiger partial charge is 1.00 e. The van der Waals surface area contributed by atoms with E-state index in [0.29, 0.717) is 5.54 Å². The third kappa shape index (κ3) is 1.08. The molecule has 4 rings (SSSR count). The van der Waals surface area contributed by atoms with E-state index in [2.05, 4.69) is 5.73 Å². The van der Waals surface area contributed by atoms with Crippen molar-refractivity contribution in [2.45, 2.75) is 44.1 Å². The van der Waals surface area contributed by atoms with Crippen molar-refractivity contribution >= 4 is 0 Å². The second kappa shape index (κ2) is 2.44. The molecule has 0 aromatic rings. The number of rotatable bonds is 0. The van der Waals surface area contributed by atoms with Gasteiger partial charge in [-0.1, -0.05) is 0 Å². The Labute approximate surface area is 73.1 Å². The molecule has 0 aliphatic heterocycles. The van der Waals surface area contributed by atoms with Crippen molar-refractivity contribution in [2.75, 3.05) is 0 Å². The average Bonchev–Trinajstić information content (AvgIpc) is 1.79. The Bertz CT molecular complexity index is 155. The van der Waals surface area contributed by atoms with E-state index in [1.54, 1.807) is 19.3 Å². The van der Waals surface area contributed by atoms with Gasteiger partial charge in [0.25, 0.3) is 0 Å². The van der Waals surface area contributed by atoms with Crippen molar-refractivity contribution < 1.29 is 10.4 Å². The van der Waals surface area contributed by atoms with Crippen LogP contribution in [0.3, 0.4) is 0 Å². The predicted octanol–water partition coefficient (Wildman–Crippen LogP) is -1.80. The molecule has 4 bridgehead atoms. The quantitative estimate of drug-likeness (QED) is 0.445. The summed E-state index contributed by atoms with van der Waals surface area (Å²) in [5.74, 6) is 3.25. The zero-order chi connectivity index (χ0) is 7.47. The molecular weight excluding hydrogens is 153 g/mol. The Morgan fingerprint density at radius 1 is 0.833 bits per heavy atom. The van der Waals surface area contributed by atoms with Gasteiger partial charge in [0, 0.05) is 19.3 Å². The van der Waals surface area contributed by atoms with E-state index < -0.39 is 0 Å². The Balaban J connectivity index is 0.000000563. The Morgan fingerprint density at radius 2 is 1.17 bits per heavy atom. The molecule has 0 radical (unpaired) electrons. The lowest BCUT2D eigenvalue weighted by Gasteiger charge is -2.52. The molecule has 4 fully saturated rings. The molecule has 0 spiro atoms. The maximum absolute atomic E-state index is 4.43. The summed E-state index contributed by atoms with van der Waals surface area (Å²) in [6, 6.07) is 0. The van der Waals surface area contributed by atoms with E-state index in [4.69, 9.17) is 0 Å². The van der Waals surface area contributed by atoms with Crippen LogP contribution >= 0.6 is 0 Å². The highest BCUT2D eigenvalue weighted by Crippen LogP contribution is 2.53. The van der Waals surface area contributed by atoms with Gasteiger partial charge in [0.2, 0.25) is 0 Å². The van der Waals surface area contributed by atoms with Crippen molar-refractivity contribution in [3.8, 4) is 0 Å². The van der Waals surface area contributed by atoms with Crippen molar-refractivity contribution in [1.82, 2.24) is 0 Å². The lowest BCUT2D eigenvalue weighted by Crippen LogP contribution is -3.00. The van der Waals surface area contributed by atoms with Crippen LogP contribution in [0.25, 0.3) is 0 Å². The molecule has 2 heteroatoms. The molecule has 0 unspecified atom stereocenters. The smallest absolute Gasteiger partial charge is 0.0953 e. The standard InChI is InChI=1S/C10H17N.FH/c11-10-4-7-1-8(5-10)3-9(2-7)6-10;/h7-9H,1-6,11H2;1H. The highest BCUT2D eigenvalue weighted by Gasteiger charge is 2.51. The van der Waals surface area contributed by atoms with Crippen molar-refractivity contribution in [3.63, 3.8) is 0 Å². The molecule has 0 saturated heterocycles. The maximum atomic E-state index is 4.43. The maximum Gasteiger partial charge on any atom is 0.0953 e. The van der Waals surface area contributed by atoms with Crippen LogP contribution in [0.2, 0.25) is 0 Å². The van der Waals surface area contributed by atoms with Crippen LogP contribution in [-0.4, -0.2) is 5.54 Å². The molecule has 70 valence electrons. The molecule has 0 aromatic heterocycles. The van der Waals surface area contributed by atoms with E-state index in [9.17, 15) is 0 Å². The summed E-state index contributed by atoms with van der Waals surface area (Å²) < 4.78 is 0. The van der Waals surface area contributed by atoms with Gasteiger partial charge < -0.3 is 10.4 Å². The average molecular weight is 171 g/mol. The first kappa shape index (κ1) is 8.49. The van der Waals surface area contributed by atoms with Crippen molar-refractivity contribution in [2.24, 2.45) is 17.8 Å². The number of hydrogen-bond acceptors (Lipinski definition) is 0. The molecule has 0 aromatic carbocycles. The molecule has 0 heterocycles. The first-order chi connectivity index (χ1) is 5.23. The molecule has 0 atom stereocenters. The first-order valence-corrected chi connectivity index (χ1v) is 5.09. The summed E-state index contributed by atoms with van der Waals surface area (Å²) in [5.41, 5.74) is 4.98. The summed E-state index contributed by atoms with van der Waals surface area (Å²) in [4.78, 5) is 0. The predicted molar refractivity (Wildman–Crippen MR) is 43.8 cm³/mol. The van der Waals surface area contributed by atoms with Crippen LogP contribution in [0.4, 0.5) is 0 Å².